The van der Waals surface area contributed by atoms with Crippen LogP contribution in [0, 0.1) is 3.95 Å². The summed E-state index contributed by atoms with van der Waals surface area (Å²) in [5.41, 5.74) is 4.41. The van der Waals surface area contributed by atoms with Gasteiger partial charge in [-0.1, -0.05) is 25.1 Å². The van der Waals surface area contributed by atoms with E-state index in [1.165, 1.54) is 16.9 Å². The molecule has 0 amide bonds. The topological polar surface area (TPSA) is 46.8 Å². The summed E-state index contributed by atoms with van der Waals surface area (Å²) in [5.74, 6) is 0.228. The maximum atomic E-state index is 10.6. The summed E-state index contributed by atoms with van der Waals surface area (Å²) in [6, 6.07) is 6.25. The van der Waals surface area contributed by atoms with Crippen molar-refractivity contribution in [2.24, 2.45) is 4.99 Å². The first kappa shape index (κ1) is 16.7. The molecule has 0 unspecified atom stereocenters. The number of rotatable bonds is 4. The first-order chi connectivity index (χ1) is 12.2. The third kappa shape index (κ3) is 3.10. The number of allylic oxidation sites excluding steroid dienone is 1. The lowest BCUT2D eigenvalue weighted by Gasteiger charge is -2.11. The van der Waals surface area contributed by atoms with E-state index in [1.807, 2.05) is 12.3 Å². The standard InChI is InChI=1S/C19H20N2O2S2/c1-2-12-5-3-7-15-13(10-20-17(12)15)9-16-18(22)21(19(24)25-16)11-14-6-4-8-23-14/h3,5,7,9-10,14,22H,2,4,6,8,11H2,1H3/t14-/m1/s1. The average molecular weight is 373 g/mol. The van der Waals surface area contributed by atoms with Gasteiger partial charge in [-0.15, -0.1) is 11.3 Å². The van der Waals surface area contributed by atoms with E-state index in [0.717, 1.165) is 47.6 Å². The van der Waals surface area contributed by atoms with E-state index < -0.39 is 0 Å². The maximum Gasteiger partial charge on any atom is 0.210 e. The van der Waals surface area contributed by atoms with Crippen LogP contribution < -0.4 is 0 Å². The third-order valence-electron chi connectivity index (χ3n) is 4.73. The molecule has 0 saturated carbocycles. The molecule has 130 valence electrons. The van der Waals surface area contributed by atoms with Crippen molar-refractivity contribution in [3.05, 3.63) is 38.2 Å². The van der Waals surface area contributed by atoms with Gasteiger partial charge in [-0.3, -0.25) is 9.56 Å². The Morgan fingerprint density at radius 2 is 2.36 bits per heavy atom. The summed E-state index contributed by atoms with van der Waals surface area (Å²) in [6.07, 6.45) is 7.05. The van der Waals surface area contributed by atoms with Crippen molar-refractivity contribution >= 4 is 47.1 Å². The summed E-state index contributed by atoms with van der Waals surface area (Å²) in [7, 11) is 0. The number of hydrogen-bond donors (Lipinski definition) is 1. The first-order valence-electron chi connectivity index (χ1n) is 8.59. The SMILES string of the molecule is CCc1cccc2c1N=CC2=Cc1sc(=S)n(C[C@H]2CCCO2)c1O. The highest BCUT2D eigenvalue weighted by Gasteiger charge is 2.21. The summed E-state index contributed by atoms with van der Waals surface area (Å²) in [5, 5.41) is 10.6. The third-order valence-corrected chi connectivity index (χ3v) is 6.12. The van der Waals surface area contributed by atoms with Gasteiger partial charge in [0.25, 0.3) is 0 Å². The van der Waals surface area contributed by atoms with Gasteiger partial charge >= 0.3 is 0 Å². The van der Waals surface area contributed by atoms with Crippen LogP contribution in [0.5, 0.6) is 5.88 Å². The molecule has 1 atom stereocenters. The molecule has 2 aliphatic heterocycles. The van der Waals surface area contributed by atoms with Crippen molar-refractivity contribution in [2.45, 2.75) is 38.8 Å². The zero-order valence-electron chi connectivity index (χ0n) is 14.1. The first-order valence-corrected chi connectivity index (χ1v) is 9.82. The van der Waals surface area contributed by atoms with Gasteiger partial charge in [-0.25, -0.2) is 0 Å². The number of aromatic hydroxyl groups is 1. The van der Waals surface area contributed by atoms with Gasteiger partial charge in [0.05, 0.1) is 23.2 Å². The minimum Gasteiger partial charge on any atom is -0.493 e. The van der Waals surface area contributed by atoms with Crippen LogP contribution in [0.25, 0.3) is 11.6 Å². The van der Waals surface area contributed by atoms with Gasteiger partial charge in [0.15, 0.2) is 3.95 Å². The lowest BCUT2D eigenvalue weighted by molar-refractivity contribution is 0.0948. The monoisotopic (exact) mass is 372 g/mol. The molecule has 2 aliphatic rings. The summed E-state index contributed by atoms with van der Waals surface area (Å²) < 4.78 is 8.14. The Kier molecular flexibility index (Phi) is 4.58. The van der Waals surface area contributed by atoms with E-state index >= 15 is 0 Å². The maximum absolute atomic E-state index is 10.6. The Bertz CT molecular complexity index is 918. The van der Waals surface area contributed by atoms with Gasteiger partial charge in [0.1, 0.15) is 0 Å². The molecule has 1 fully saturated rings. The Balaban J connectivity index is 1.68. The highest BCUT2D eigenvalue weighted by molar-refractivity contribution is 7.73. The van der Waals surface area contributed by atoms with Gasteiger partial charge in [0.2, 0.25) is 5.88 Å². The Morgan fingerprint density at radius 1 is 1.48 bits per heavy atom. The number of aliphatic imine (C=N–C) groups is 1. The number of fused-ring (bicyclic) bond motifs is 1. The molecule has 2 aromatic rings. The minimum atomic E-state index is 0.147. The summed E-state index contributed by atoms with van der Waals surface area (Å²) in [4.78, 5) is 5.34. The van der Waals surface area contributed by atoms with Gasteiger partial charge in [0, 0.05) is 24.0 Å². The van der Waals surface area contributed by atoms with Crippen LogP contribution in [0.15, 0.2) is 23.2 Å². The molecule has 1 saturated heterocycles. The predicted octanol–water partition coefficient (Wildman–Crippen LogP) is 4.98. The highest BCUT2D eigenvalue weighted by atomic mass is 32.1. The summed E-state index contributed by atoms with van der Waals surface area (Å²) in [6.45, 7) is 3.55. The average Bonchev–Trinajstić information content (AvgIpc) is 3.33. The Morgan fingerprint density at radius 3 is 3.12 bits per heavy atom. The van der Waals surface area contributed by atoms with Gasteiger partial charge < -0.3 is 9.84 Å². The molecule has 4 rings (SSSR count). The van der Waals surface area contributed by atoms with Crippen LogP contribution in [0.3, 0.4) is 0 Å². The van der Waals surface area contributed by atoms with Crippen LogP contribution >= 0.6 is 23.6 Å². The molecule has 0 aliphatic carbocycles. The van der Waals surface area contributed by atoms with E-state index in [0.29, 0.717) is 10.5 Å². The molecule has 0 bridgehead atoms. The normalized spacial score (nSPS) is 20.5. The minimum absolute atomic E-state index is 0.147. The lowest BCUT2D eigenvalue weighted by atomic mass is 10.0. The molecule has 1 aromatic carbocycles. The fourth-order valence-corrected chi connectivity index (χ4v) is 4.66. The zero-order valence-corrected chi connectivity index (χ0v) is 15.7. The molecule has 3 heterocycles. The van der Waals surface area contributed by atoms with Crippen LogP contribution in [-0.2, 0) is 17.7 Å². The smallest absolute Gasteiger partial charge is 0.210 e. The van der Waals surface area contributed by atoms with Gasteiger partial charge in [-0.2, -0.15) is 0 Å². The molecule has 4 nitrogen and oxygen atoms in total. The fraction of sp³-hybridized carbons (Fsp3) is 0.368. The molecule has 1 aromatic heterocycles. The molecule has 6 heteroatoms. The van der Waals surface area contributed by atoms with Gasteiger partial charge in [-0.05, 0) is 43.1 Å². The molecular formula is C19H20N2O2S2. The van der Waals surface area contributed by atoms with E-state index in [2.05, 4.69) is 30.1 Å². The quantitative estimate of drug-likeness (QED) is 0.770. The van der Waals surface area contributed by atoms with Crippen molar-refractivity contribution in [1.29, 1.82) is 0 Å². The predicted molar refractivity (Wildman–Crippen MR) is 106 cm³/mol. The van der Waals surface area contributed by atoms with E-state index in [1.54, 1.807) is 4.57 Å². The number of thiazole rings is 1. The van der Waals surface area contributed by atoms with E-state index in [9.17, 15) is 5.11 Å². The molecule has 25 heavy (non-hydrogen) atoms. The number of ether oxygens (including phenoxy) is 1. The largest absolute Gasteiger partial charge is 0.493 e. The van der Waals surface area contributed by atoms with Crippen LogP contribution in [0.1, 0.15) is 35.8 Å². The second kappa shape index (κ2) is 6.86. The fourth-order valence-electron chi connectivity index (χ4n) is 3.38. The van der Waals surface area contributed by atoms with E-state index in [-0.39, 0.29) is 12.0 Å². The van der Waals surface area contributed by atoms with Crippen molar-refractivity contribution in [3.63, 3.8) is 0 Å². The molecule has 1 N–H and O–H groups in total. The zero-order chi connectivity index (χ0) is 17.4. The number of aryl methyl sites for hydroxylation is 1. The second-order valence-corrected chi connectivity index (χ2v) is 8.00. The summed E-state index contributed by atoms with van der Waals surface area (Å²) >= 11 is 6.89. The van der Waals surface area contributed by atoms with Crippen molar-refractivity contribution in [3.8, 4) is 5.88 Å². The highest BCUT2D eigenvalue weighted by Crippen LogP contribution is 2.38. The van der Waals surface area contributed by atoms with Crippen molar-refractivity contribution in [1.82, 2.24) is 4.57 Å². The number of para-hydroxylation sites is 1. The van der Waals surface area contributed by atoms with Crippen LogP contribution in [0.2, 0.25) is 0 Å². The van der Waals surface area contributed by atoms with Crippen LogP contribution in [0.4, 0.5) is 5.69 Å². The number of nitrogens with zero attached hydrogens (tertiary/aromatic N) is 2. The van der Waals surface area contributed by atoms with Crippen molar-refractivity contribution in [2.75, 3.05) is 6.61 Å². The van der Waals surface area contributed by atoms with Crippen LogP contribution in [-0.4, -0.2) is 28.6 Å². The lowest BCUT2D eigenvalue weighted by Crippen LogP contribution is -2.14. The van der Waals surface area contributed by atoms with E-state index in [4.69, 9.17) is 17.0 Å². The van der Waals surface area contributed by atoms with Crippen molar-refractivity contribution < 1.29 is 9.84 Å². The molecule has 0 radical (unpaired) electrons. The number of aromatic nitrogens is 1. The second-order valence-electron chi connectivity index (χ2n) is 6.33. The molecule has 0 spiro atoms. The Hall–Kier alpha value is -1.76. The number of benzene rings is 1. The molecular weight excluding hydrogens is 352 g/mol. The Labute approximate surface area is 156 Å². The number of hydrogen-bond acceptors (Lipinski definition) is 5.